The molecule has 0 aliphatic rings. The third-order valence-corrected chi connectivity index (χ3v) is 2.97. The second-order valence-corrected chi connectivity index (χ2v) is 5.18. The molecule has 0 amide bonds. The Bertz CT molecular complexity index is 581. The molecule has 9 heteroatoms. The van der Waals surface area contributed by atoms with Crippen LogP contribution >= 0.6 is 11.8 Å². The number of hydrogen-bond acceptors (Lipinski definition) is 9. The van der Waals surface area contributed by atoms with Crippen molar-refractivity contribution in [1.82, 2.24) is 19.9 Å². The molecule has 20 heavy (non-hydrogen) atoms. The first-order valence-corrected chi connectivity index (χ1v) is 6.81. The van der Waals surface area contributed by atoms with Gasteiger partial charge >= 0.3 is 6.01 Å². The molecule has 2 aromatic heterocycles. The van der Waals surface area contributed by atoms with Gasteiger partial charge < -0.3 is 9.15 Å². The summed E-state index contributed by atoms with van der Waals surface area (Å²) in [4.78, 5) is 16.6. The van der Waals surface area contributed by atoms with Gasteiger partial charge in [-0.15, -0.1) is 0 Å². The zero-order chi connectivity index (χ0) is 14.7. The molecule has 0 spiro atoms. The van der Waals surface area contributed by atoms with Crippen molar-refractivity contribution in [2.75, 3.05) is 5.43 Å². The molecule has 0 unspecified atom stereocenters. The van der Waals surface area contributed by atoms with E-state index < -0.39 is 0 Å². The minimum Gasteiger partial charge on any atom is -0.461 e. The molecule has 0 saturated carbocycles. The van der Waals surface area contributed by atoms with Crippen LogP contribution in [0, 0.1) is 13.8 Å². The van der Waals surface area contributed by atoms with E-state index in [9.17, 15) is 0 Å². The van der Waals surface area contributed by atoms with Gasteiger partial charge in [0.15, 0.2) is 0 Å². The summed E-state index contributed by atoms with van der Waals surface area (Å²) in [6.07, 6.45) is -0.0490. The highest BCUT2D eigenvalue weighted by Gasteiger charge is 2.13. The number of nitrogens with one attached hydrogen (secondary N) is 1. The van der Waals surface area contributed by atoms with Gasteiger partial charge in [-0.3, -0.25) is 5.43 Å². The Hall–Kier alpha value is -1.87. The van der Waals surface area contributed by atoms with Crippen molar-refractivity contribution in [3.63, 3.8) is 0 Å². The Kier molecular flexibility index (Phi) is 4.40. The lowest BCUT2D eigenvalue weighted by Gasteiger charge is -2.09. The summed E-state index contributed by atoms with van der Waals surface area (Å²) in [7, 11) is 0. The van der Waals surface area contributed by atoms with E-state index in [1.807, 2.05) is 27.7 Å². The smallest absolute Gasteiger partial charge is 0.322 e. The van der Waals surface area contributed by atoms with Crippen LogP contribution in [0.3, 0.4) is 0 Å². The van der Waals surface area contributed by atoms with Crippen molar-refractivity contribution in [3.8, 4) is 6.01 Å². The maximum absolute atomic E-state index is 5.47. The van der Waals surface area contributed by atoms with Gasteiger partial charge in [0.25, 0.3) is 5.22 Å². The van der Waals surface area contributed by atoms with Crippen molar-refractivity contribution < 1.29 is 9.15 Å². The number of nitrogen functional groups attached to an aromatic ring is 1. The summed E-state index contributed by atoms with van der Waals surface area (Å²) in [6.45, 7) is 7.48. The Morgan fingerprint density at radius 2 is 1.95 bits per heavy atom. The summed E-state index contributed by atoms with van der Waals surface area (Å²) in [5.41, 5.74) is 3.21. The van der Waals surface area contributed by atoms with E-state index in [0.717, 1.165) is 11.5 Å². The third-order valence-electron chi connectivity index (χ3n) is 2.25. The summed E-state index contributed by atoms with van der Waals surface area (Å²) in [6, 6.07) is 0.199. The molecule has 3 N–H and O–H groups in total. The van der Waals surface area contributed by atoms with Gasteiger partial charge in [0, 0.05) is 11.8 Å². The normalized spacial score (nSPS) is 10.9. The van der Waals surface area contributed by atoms with E-state index in [1.165, 1.54) is 11.8 Å². The van der Waals surface area contributed by atoms with Crippen LogP contribution in [-0.4, -0.2) is 26.0 Å². The van der Waals surface area contributed by atoms with Gasteiger partial charge in [0.2, 0.25) is 11.1 Å². The highest BCUT2D eigenvalue weighted by molar-refractivity contribution is 7.98. The van der Waals surface area contributed by atoms with Gasteiger partial charge in [0.05, 0.1) is 11.8 Å². The molecule has 0 aliphatic carbocycles. The Morgan fingerprint density at radius 3 is 2.50 bits per heavy atom. The second kappa shape index (κ2) is 6.06. The molecule has 0 saturated heterocycles. The first-order valence-electron chi connectivity index (χ1n) is 5.99. The van der Waals surface area contributed by atoms with E-state index in [4.69, 9.17) is 15.0 Å². The van der Waals surface area contributed by atoms with Crippen LogP contribution in [0.25, 0.3) is 0 Å². The van der Waals surface area contributed by atoms with Crippen LogP contribution in [-0.2, 0) is 0 Å². The van der Waals surface area contributed by atoms with E-state index in [0.29, 0.717) is 10.4 Å². The van der Waals surface area contributed by atoms with Crippen LogP contribution in [0.5, 0.6) is 6.01 Å². The first kappa shape index (κ1) is 14.5. The lowest BCUT2D eigenvalue weighted by atomic mass is 10.4. The lowest BCUT2D eigenvalue weighted by Crippen LogP contribution is -2.14. The Morgan fingerprint density at radius 1 is 1.20 bits per heavy atom. The van der Waals surface area contributed by atoms with Crippen LogP contribution < -0.4 is 16.0 Å². The molecule has 2 rings (SSSR count). The Balaban J connectivity index is 2.25. The van der Waals surface area contributed by atoms with Gasteiger partial charge in [-0.1, -0.05) is 0 Å². The number of nitrogens with two attached hydrogens (primary N) is 1. The van der Waals surface area contributed by atoms with Gasteiger partial charge in [-0.2, -0.15) is 15.0 Å². The van der Waals surface area contributed by atoms with E-state index in [1.54, 1.807) is 0 Å². The van der Waals surface area contributed by atoms with Gasteiger partial charge in [0.1, 0.15) is 5.76 Å². The lowest BCUT2D eigenvalue weighted by molar-refractivity contribution is 0.219. The fourth-order valence-corrected chi connectivity index (χ4v) is 2.04. The summed E-state index contributed by atoms with van der Waals surface area (Å²) in [5, 5.41) is 0.856. The average molecular weight is 296 g/mol. The third kappa shape index (κ3) is 3.58. The molecular weight excluding hydrogens is 280 g/mol. The fraction of sp³-hybridized carbons (Fsp3) is 0.455. The average Bonchev–Trinajstić information content (AvgIpc) is 2.66. The number of oxazole rings is 1. The molecule has 108 valence electrons. The quantitative estimate of drug-likeness (QED) is 0.628. The largest absolute Gasteiger partial charge is 0.461 e. The van der Waals surface area contributed by atoms with Gasteiger partial charge in [-0.05, 0) is 27.7 Å². The number of hydrazine groups is 1. The highest BCUT2D eigenvalue weighted by Crippen LogP contribution is 2.27. The standard InChI is InChI=1S/C11H16N6O2S/c1-5(2)18-9-14-8(17-12)15-10(16-9)20-11-13-6(3)7(4)19-11/h5H,12H2,1-4H3,(H,14,15,16,17). The molecular formula is C11H16N6O2S. The number of anilines is 1. The maximum Gasteiger partial charge on any atom is 0.322 e. The predicted octanol–water partition coefficient (Wildman–Crippen LogP) is 1.70. The molecule has 0 aromatic carbocycles. The van der Waals surface area contributed by atoms with Crippen molar-refractivity contribution in [2.24, 2.45) is 5.84 Å². The summed E-state index contributed by atoms with van der Waals surface area (Å²) < 4.78 is 10.9. The molecule has 0 bridgehead atoms. The minimum absolute atomic E-state index is 0.0490. The van der Waals surface area contributed by atoms with Crippen LogP contribution in [0.1, 0.15) is 25.3 Å². The van der Waals surface area contributed by atoms with Crippen molar-refractivity contribution in [3.05, 3.63) is 11.5 Å². The molecule has 2 heterocycles. The number of ether oxygens (including phenoxy) is 1. The topological polar surface area (TPSA) is 112 Å². The van der Waals surface area contributed by atoms with Crippen molar-refractivity contribution >= 4 is 17.7 Å². The second-order valence-electron chi connectivity index (χ2n) is 4.26. The summed E-state index contributed by atoms with van der Waals surface area (Å²) >= 11 is 1.18. The highest BCUT2D eigenvalue weighted by atomic mass is 32.2. The van der Waals surface area contributed by atoms with Crippen LogP contribution in [0.4, 0.5) is 5.95 Å². The zero-order valence-corrected chi connectivity index (χ0v) is 12.5. The molecule has 0 aliphatic heterocycles. The summed E-state index contributed by atoms with van der Waals surface area (Å²) in [5.74, 6) is 6.32. The SMILES string of the molecule is Cc1nc(Sc2nc(NN)nc(OC(C)C)n2)oc1C. The van der Waals surface area contributed by atoms with Crippen LogP contribution in [0.2, 0.25) is 0 Å². The molecule has 8 nitrogen and oxygen atoms in total. The monoisotopic (exact) mass is 296 g/mol. The van der Waals surface area contributed by atoms with E-state index in [-0.39, 0.29) is 18.1 Å². The molecule has 2 aromatic rings. The number of aromatic nitrogens is 4. The maximum atomic E-state index is 5.47. The number of hydrogen-bond donors (Lipinski definition) is 2. The fourth-order valence-electron chi connectivity index (χ4n) is 1.28. The van der Waals surface area contributed by atoms with E-state index in [2.05, 4.69) is 25.4 Å². The van der Waals surface area contributed by atoms with Crippen molar-refractivity contribution in [2.45, 2.75) is 44.2 Å². The molecule has 0 fully saturated rings. The number of rotatable bonds is 5. The van der Waals surface area contributed by atoms with Crippen molar-refractivity contribution in [1.29, 1.82) is 0 Å². The minimum atomic E-state index is -0.0490. The van der Waals surface area contributed by atoms with Crippen LogP contribution in [0.15, 0.2) is 14.8 Å². The zero-order valence-electron chi connectivity index (χ0n) is 11.7. The number of nitrogens with zero attached hydrogens (tertiary/aromatic N) is 4. The van der Waals surface area contributed by atoms with Gasteiger partial charge in [-0.25, -0.2) is 10.8 Å². The molecule has 0 atom stereocenters. The first-order chi connectivity index (χ1) is 9.47. The molecule has 0 radical (unpaired) electrons. The van der Waals surface area contributed by atoms with E-state index >= 15 is 0 Å². The Labute approximate surface area is 120 Å². The number of aryl methyl sites for hydroxylation is 2. The predicted molar refractivity (Wildman–Crippen MR) is 73.5 cm³/mol.